The Kier molecular flexibility index (Phi) is 5.00. The number of amides is 2. The number of piperazine rings is 1. The zero-order valence-electron chi connectivity index (χ0n) is 15.2. The predicted octanol–water partition coefficient (Wildman–Crippen LogP) is 1.72. The number of nitrogens with one attached hydrogen (secondary N) is 1. The van der Waals surface area contributed by atoms with E-state index in [0.717, 1.165) is 24.3 Å². The number of benzene rings is 1. The second-order valence-electron chi connectivity index (χ2n) is 7.00. The maximum Gasteiger partial charge on any atom is 0.227 e. The molecule has 140 valence electrons. The lowest BCUT2D eigenvalue weighted by molar-refractivity contribution is -0.132. The Morgan fingerprint density at radius 3 is 2.59 bits per heavy atom. The van der Waals surface area contributed by atoms with Gasteiger partial charge in [0.25, 0.3) is 0 Å². The third kappa shape index (κ3) is 3.92. The van der Waals surface area contributed by atoms with Gasteiger partial charge in [-0.25, -0.2) is 9.97 Å². The van der Waals surface area contributed by atoms with Crippen LogP contribution in [0.2, 0.25) is 0 Å². The van der Waals surface area contributed by atoms with E-state index in [1.807, 2.05) is 29.2 Å². The van der Waals surface area contributed by atoms with Gasteiger partial charge in [-0.3, -0.25) is 9.59 Å². The Morgan fingerprint density at radius 1 is 1.07 bits per heavy atom. The molecule has 3 heterocycles. The van der Waals surface area contributed by atoms with Crippen molar-refractivity contribution >= 4 is 23.5 Å². The molecule has 2 aliphatic heterocycles. The monoisotopic (exact) mass is 365 g/mol. The van der Waals surface area contributed by atoms with E-state index in [9.17, 15) is 9.59 Å². The molecule has 2 aliphatic rings. The zero-order valence-corrected chi connectivity index (χ0v) is 15.2. The van der Waals surface area contributed by atoms with Crippen molar-refractivity contribution in [1.82, 2.24) is 14.9 Å². The van der Waals surface area contributed by atoms with Crippen LogP contribution in [0.1, 0.15) is 18.4 Å². The highest BCUT2D eigenvalue weighted by atomic mass is 16.2. The molecule has 2 aromatic rings. The molecule has 1 unspecified atom stereocenters. The average Bonchev–Trinajstić information content (AvgIpc) is 2.73. The summed E-state index contributed by atoms with van der Waals surface area (Å²) in [6, 6.07) is 9.65. The first-order valence-corrected chi connectivity index (χ1v) is 9.39. The largest absolute Gasteiger partial charge is 0.339 e. The van der Waals surface area contributed by atoms with E-state index in [2.05, 4.69) is 20.2 Å². The first-order valence-electron chi connectivity index (χ1n) is 9.39. The van der Waals surface area contributed by atoms with Crippen LogP contribution in [-0.4, -0.2) is 52.9 Å². The van der Waals surface area contributed by atoms with Gasteiger partial charge in [-0.05, 0) is 30.5 Å². The molecule has 0 bridgehead atoms. The summed E-state index contributed by atoms with van der Waals surface area (Å²) in [6.45, 7) is 2.79. The van der Waals surface area contributed by atoms with E-state index in [-0.39, 0.29) is 17.7 Å². The number of carbonyl (C=O) groups excluding carboxylic acids is 2. The highest BCUT2D eigenvalue weighted by Gasteiger charge is 2.28. The lowest BCUT2D eigenvalue weighted by Crippen LogP contribution is -2.49. The van der Waals surface area contributed by atoms with Gasteiger partial charge in [0.2, 0.25) is 17.8 Å². The summed E-state index contributed by atoms with van der Waals surface area (Å²) in [4.78, 5) is 37.4. The van der Waals surface area contributed by atoms with Crippen LogP contribution in [0.3, 0.4) is 0 Å². The molecule has 2 amide bonds. The van der Waals surface area contributed by atoms with Gasteiger partial charge >= 0.3 is 0 Å². The molecule has 1 fully saturated rings. The topological polar surface area (TPSA) is 78.4 Å². The Balaban J connectivity index is 1.27. The number of hydrogen-bond donors (Lipinski definition) is 1. The molecule has 1 aromatic carbocycles. The van der Waals surface area contributed by atoms with Crippen molar-refractivity contribution in [2.75, 3.05) is 36.4 Å². The molecule has 7 nitrogen and oxygen atoms in total. The van der Waals surface area contributed by atoms with Crippen LogP contribution in [0.5, 0.6) is 0 Å². The van der Waals surface area contributed by atoms with Crippen LogP contribution in [0.4, 0.5) is 11.6 Å². The van der Waals surface area contributed by atoms with Gasteiger partial charge in [0.15, 0.2) is 0 Å². The van der Waals surface area contributed by atoms with Crippen molar-refractivity contribution in [2.24, 2.45) is 5.92 Å². The van der Waals surface area contributed by atoms with E-state index >= 15 is 0 Å². The first-order chi connectivity index (χ1) is 13.2. The molecule has 1 N–H and O–H groups in total. The van der Waals surface area contributed by atoms with Crippen LogP contribution >= 0.6 is 0 Å². The summed E-state index contributed by atoms with van der Waals surface area (Å²) in [5.74, 6) is 0.716. The number of hydrogen-bond acceptors (Lipinski definition) is 5. The highest BCUT2D eigenvalue weighted by Crippen LogP contribution is 2.27. The number of fused-ring (bicyclic) bond motifs is 1. The third-order valence-electron chi connectivity index (χ3n) is 5.29. The van der Waals surface area contributed by atoms with E-state index in [4.69, 9.17) is 0 Å². The van der Waals surface area contributed by atoms with Crippen LogP contribution in [0.15, 0.2) is 42.7 Å². The second-order valence-corrected chi connectivity index (χ2v) is 7.00. The van der Waals surface area contributed by atoms with Gasteiger partial charge in [0.1, 0.15) is 0 Å². The minimum Gasteiger partial charge on any atom is -0.339 e. The molecule has 0 saturated carbocycles. The van der Waals surface area contributed by atoms with Crippen LogP contribution in [-0.2, 0) is 16.0 Å². The molecule has 0 spiro atoms. The smallest absolute Gasteiger partial charge is 0.227 e. The van der Waals surface area contributed by atoms with Crippen LogP contribution in [0.25, 0.3) is 0 Å². The fraction of sp³-hybridized carbons (Fsp3) is 0.400. The second kappa shape index (κ2) is 7.73. The molecule has 7 heteroatoms. The van der Waals surface area contributed by atoms with Gasteiger partial charge in [-0.2, -0.15) is 0 Å². The molecule has 1 atom stereocenters. The lowest BCUT2D eigenvalue weighted by Gasteiger charge is -2.35. The number of carbonyl (C=O) groups is 2. The number of aromatic nitrogens is 2. The Hall–Kier alpha value is -2.96. The summed E-state index contributed by atoms with van der Waals surface area (Å²) in [6.07, 6.45) is 5.15. The fourth-order valence-corrected chi connectivity index (χ4v) is 3.71. The normalized spacial score (nSPS) is 19.4. The third-order valence-corrected chi connectivity index (χ3v) is 5.29. The minimum absolute atomic E-state index is 0.0209. The molecular weight excluding hydrogens is 342 g/mol. The number of nitrogens with zero attached hydrogens (tertiary/aromatic N) is 4. The SMILES string of the molecule is O=C1Nc2ccccc2CC1CCC(=O)N1CCN(c2ncccn2)CC1. The van der Waals surface area contributed by atoms with Gasteiger partial charge in [-0.1, -0.05) is 18.2 Å². The van der Waals surface area contributed by atoms with Crippen molar-refractivity contribution < 1.29 is 9.59 Å². The van der Waals surface area contributed by atoms with E-state index in [1.54, 1.807) is 18.5 Å². The summed E-state index contributed by atoms with van der Waals surface area (Å²) in [5, 5.41) is 2.95. The van der Waals surface area contributed by atoms with E-state index in [1.165, 1.54) is 0 Å². The zero-order chi connectivity index (χ0) is 18.6. The van der Waals surface area contributed by atoms with Crippen molar-refractivity contribution in [3.05, 3.63) is 48.3 Å². The lowest BCUT2D eigenvalue weighted by atomic mass is 9.89. The number of rotatable bonds is 4. The summed E-state index contributed by atoms with van der Waals surface area (Å²) in [5.41, 5.74) is 2.04. The van der Waals surface area contributed by atoms with E-state index in [0.29, 0.717) is 38.3 Å². The predicted molar refractivity (Wildman–Crippen MR) is 102 cm³/mol. The van der Waals surface area contributed by atoms with Crippen molar-refractivity contribution in [3.8, 4) is 0 Å². The standard InChI is InChI=1S/C20H23N5O2/c26-18(24-10-12-25(13-11-24)20-21-8-3-9-22-20)7-6-16-14-15-4-1-2-5-17(15)23-19(16)27/h1-5,8-9,16H,6-7,10-14H2,(H,23,27). The molecule has 1 saturated heterocycles. The highest BCUT2D eigenvalue weighted by molar-refractivity contribution is 5.96. The van der Waals surface area contributed by atoms with Crippen molar-refractivity contribution in [1.29, 1.82) is 0 Å². The van der Waals surface area contributed by atoms with Gasteiger partial charge in [-0.15, -0.1) is 0 Å². The molecule has 0 radical (unpaired) electrons. The van der Waals surface area contributed by atoms with Crippen molar-refractivity contribution in [3.63, 3.8) is 0 Å². The maximum atomic E-state index is 12.6. The average molecular weight is 365 g/mol. The van der Waals surface area contributed by atoms with Gasteiger partial charge in [0.05, 0.1) is 0 Å². The number of anilines is 2. The maximum absolute atomic E-state index is 12.6. The van der Waals surface area contributed by atoms with Gasteiger partial charge in [0, 0.05) is 56.6 Å². The molecule has 0 aliphatic carbocycles. The van der Waals surface area contributed by atoms with Crippen molar-refractivity contribution in [2.45, 2.75) is 19.3 Å². The minimum atomic E-state index is -0.136. The van der Waals surface area contributed by atoms with Crippen LogP contribution in [0, 0.1) is 5.92 Å². The summed E-state index contributed by atoms with van der Waals surface area (Å²) < 4.78 is 0. The molecule has 4 rings (SSSR count). The summed E-state index contributed by atoms with van der Waals surface area (Å²) in [7, 11) is 0. The Labute approximate surface area is 158 Å². The molecule has 1 aromatic heterocycles. The quantitative estimate of drug-likeness (QED) is 0.893. The fourth-order valence-electron chi connectivity index (χ4n) is 3.71. The Morgan fingerprint density at radius 2 is 1.81 bits per heavy atom. The van der Waals surface area contributed by atoms with Crippen LogP contribution < -0.4 is 10.2 Å². The first kappa shape index (κ1) is 17.5. The number of para-hydroxylation sites is 1. The Bertz CT molecular complexity index is 818. The molecule has 27 heavy (non-hydrogen) atoms. The summed E-state index contributed by atoms with van der Waals surface area (Å²) >= 11 is 0. The molecular formula is C20H23N5O2. The van der Waals surface area contributed by atoms with E-state index < -0.39 is 0 Å². The van der Waals surface area contributed by atoms with Gasteiger partial charge < -0.3 is 15.1 Å².